The molecule has 2 aromatic carbocycles. The first-order valence-electron chi connectivity index (χ1n) is 8.81. The van der Waals surface area contributed by atoms with E-state index in [0.29, 0.717) is 0 Å². The highest BCUT2D eigenvalue weighted by atomic mass is 16.3. The highest BCUT2D eigenvalue weighted by Gasteiger charge is 2.28. The standard InChI is InChI=1S/C21H26N2O/c1-17-11-13-18(14-12-17)15-22-23(16-19-7-3-2-4-8-19)20-9-5-6-10-21(20)24/h2-4,7-8,11-15,20-21,24H,5-6,9-10,16H2,1H3/b22-15+/t20-,21-/m1/s1. The molecule has 3 heteroatoms. The molecule has 1 saturated carbocycles. The Balaban J connectivity index is 1.79. The minimum Gasteiger partial charge on any atom is -0.391 e. The van der Waals surface area contributed by atoms with Gasteiger partial charge in [-0.25, -0.2) is 0 Å². The van der Waals surface area contributed by atoms with E-state index in [1.54, 1.807) is 0 Å². The van der Waals surface area contributed by atoms with Gasteiger partial charge in [0, 0.05) is 0 Å². The van der Waals surface area contributed by atoms with Crippen molar-refractivity contribution >= 4 is 6.21 Å². The van der Waals surface area contributed by atoms with Gasteiger partial charge in [-0.2, -0.15) is 5.10 Å². The van der Waals surface area contributed by atoms with E-state index in [9.17, 15) is 5.11 Å². The van der Waals surface area contributed by atoms with Crippen LogP contribution in [0.4, 0.5) is 0 Å². The van der Waals surface area contributed by atoms with Gasteiger partial charge in [0.25, 0.3) is 0 Å². The Morgan fingerprint density at radius 1 is 1.04 bits per heavy atom. The van der Waals surface area contributed by atoms with Crippen LogP contribution in [0.5, 0.6) is 0 Å². The van der Waals surface area contributed by atoms with Crippen LogP contribution in [-0.4, -0.2) is 28.5 Å². The molecule has 2 atom stereocenters. The number of aryl methyl sites for hydroxylation is 1. The fourth-order valence-corrected chi connectivity index (χ4v) is 3.25. The fraction of sp³-hybridized carbons (Fsp3) is 0.381. The van der Waals surface area contributed by atoms with Gasteiger partial charge in [0.2, 0.25) is 0 Å². The molecule has 0 aromatic heterocycles. The molecule has 0 amide bonds. The summed E-state index contributed by atoms with van der Waals surface area (Å²) in [7, 11) is 0. The molecule has 1 aliphatic carbocycles. The molecule has 0 bridgehead atoms. The van der Waals surface area contributed by atoms with Gasteiger partial charge in [-0.05, 0) is 30.9 Å². The van der Waals surface area contributed by atoms with E-state index in [4.69, 9.17) is 5.10 Å². The number of benzene rings is 2. The van der Waals surface area contributed by atoms with Crippen molar-refractivity contribution in [2.75, 3.05) is 0 Å². The zero-order chi connectivity index (χ0) is 16.8. The Labute approximate surface area is 144 Å². The predicted molar refractivity (Wildman–Crippen MR) is 99.0 cm³/mol. The minimum absolute atomic E-state index is 0.0978. The second kappa shape index (κ2) is 8.11. The summed E-state index contributed by atoms with van der Waals surface area (Å²) in [5, 5.41) is 17.2. The smallest absolute Gasteiger partial charge is 0.0760 e. The van der Waals surface area contributed by atoms with Crippen LogP contribution in [0.3, 0.4) is 0 Å². The van der Waals surface area contributed by atoms with E-state index in [2.05, 4.69) is 60.5 Å². The zero-order valence-electron chi connectivity index (χ0n) is 14.3. The molecular formula is C21H26N2O. The van der Waals surface area contributed by atoms with Crippen LogP contribution in [0.1, 0.15) is 42.4 Å². The first-order chi connectivity index (χ1) is 11.7. The van der Waals surface area contributed by atoms with Gasteiger partial charge in [-0.1, -0.05) is 73.0 Å². The molecule has 0 unspecified atom stereocenters. The zero-order valence-corrected chi connectivity index (χ0v) is 14.3. The second-order valence-corrected chi connectivity index (χ2v) is 6.66. The van der Waals surface area contributed by atoms with Gasteiger partial charge in [-0.3, -0.25) is 5.01 Å². The number of hydrogen-bond donors (Lipinski definition) is 1. The first kappa shape index (κ1) is 16.7. The molecule has 3 nitrogen and oxygen atoms in total. The monoisotopic (exact) mass is 322 g/mol. The van der Waals surface area contributed by atoms with Gasteiger partial charge in [0.05, 0.1) is 24.9 Å². The van der Waals surface area contributed by atoms with Crippen molar-refractivity contribution < 1.29 is 5.11 Å². The van der Waals surface area contributed by atoms with Crippen LogP contribution in [0.25, 0.3) is 0 Å². The Morgan fingerprint density at radius 3 is 2.46 bits per heavy atom. The minimum atomic E-state index is -0.294. The summed E-state index contributed by atoms with van der Waals surface area (Å²) in [6.07, 6.45) is 5.75. The van der Waals surface area contributed by atoms with Crippen molar-refractivity contribution in [1.82, 2.24) is 5.01 Å². The number of nitrogens with zero attached hydrogens (tertiary/aromatic N) is 2. The van der Waals surface area contributed by atoms with Crippen molar-refractivity contribution in [3.05, 3.63) is 71.3 Å². The summed E-state index contributed by atoms with van der Waals surface area (Å²) in [4.78, 5) is 0. The van der Waals surface area contributed by atoms with Gasteiger partial charge < -0.3 is 5.11 Å². The van der Waals surface area contributed by atoms with Crippen LogP contribution < -0.4 is 0 Å². The van der Waals surface area contributed by atoms with Crippen molar-refractivity contribution in [1.29, 1.82) is 0 Å². The maximum atomic E-state index is 10.4. The van der Waals surface area contributed by atoms with E-state index in [-0.39, 0.29) is 12.1 Å². The van der Waals surface area contributed by atoms with Crippen LogP contribution in [0, 0.1) is 6.92 Å². The molecular weight excluding hydrogens is 296 g/mol. The average molecular weight is 322 g/mol. The van der Waals surface area contributed by atoms with E-state index in [1.165, 1.54) is 11.1 Å². The summed E-state index contributed by atoms with van der Waals surface area (Å²) in [5.41, 5.74) is 3.55. The lowest BCUT2D eigenvalue weighted by molar-refractivity contribution is 0.0173. The van der Waals surface area contributed by atoms with E-state index < -0.39 is 0 Å². The number of aliphatic hydroxyl groups is 1. The van der Waals surface area contributed by atoms with E-state index >= 15 is 0 Å². The summed E-state index contributed by atoms with van der Waals surface area (Å²) < 4.78 is 0. The predicted octanol–water partition coefficient (Wildman–Crippen LogP) is 4.13. The molecule has 0 spiro atoms. The summed E-state index contributed by atoms with van der Waals surface area (Å²) in [6, 6.07) is 18.8. The summed E-state index contributed by atoms with van der Waals surface area (Å²) in [5.74, 6) is 0. The SMILES string of the molecule is Cc1ccc(/C=N/N(Cc2ccccc2)[C@@H]2CCCC[C@H]2O)cc1. The van der Waals surface area contributed by atoms with Crippen LogP contribution in [0.15, 0.2) is 59.7 Å². The largest absolute Gasteiger partial charge is 0.391 e. The van der Waals surface area contributed by atoms with E-state index in [1.807, 2.05) is 12.3 Å². The molecule has 0 aliphatic heterocycles. The van der Waals surface area contributed by atoms with Gasteiger partial charge >= 0.3 is 0 Å². The van der Waals surface area contributed by atoms with Gasteiger partial charge in [-0.15, -0.1) is 0 Å². The molecule has 24 heavy (non-hydrogen) atoms. The Hall–Kier alpha value is -2.13. The third-order valence-corrected chi connectivity index (χ3v) is 4.70. The Bertz CT molecular complexity index is 651. The first-order valence-corrected chi connectivity index (χ1v) is 8.81. The lowest BCUT2D eigenvalue weighted by atomic mass is 9.92. The third kappa shape index (κ3) is 4.45. The quantitative estimate of drug-likeness (QED) is 0.663. The summed E-state index contributed by atoms with van der Waals surface area (Å²) in [6.45, 7) is 2.81. The van der Waals surface area contributed by atoms with Crippen molar-refractivity contribution in [3.63, 3.8) is 0 Å². The fourth-order valence-electron chi connectivity index (χ4n) is 3.25. The van der Waals surface area contributed by atoms with Gasteiger partial charge in [0.15, 0.2) is 0 Å². The Kier molecular flexibility index (Phi) is 5.65. The molecule has 0 radical (unpaired) electrons. The second-order valence-electron chi connectivity index (χ2n) is 6.66. The number of rotatable bonds is 5. The normalized spacial score (nSPS) is 21.1. The van der Waals surface area contributed by atoms with Crippen LogP contribution in [-0.2, 0) is 6.54 Å². The Morgan fingerprint density at radius 2 is 1.75 bits per heavy atom. The number of hydrazone groups is 1. The molecule has 2 aromatic rings. The van der Waals surface area contributed by atoms with E-state index in [0.717, 1.165) is 37.8 Å². The topological polar surface area (TPSA) is 35.8 Å². The maximum Gasteiger partial charge on any atom is 0.0760 e. The van der Waals surface area contributed by atoms with Gasteiger partial charge in [0.1, 0.15) is 0 Å². The lowest BCUT2D eigenvalue weighted by Gasteiger charge is -2.35. The number of hydrogen-bond acceptors (Lipinski definition) is 3. The molecule has 126 valence electrons. The molecule has 1 fully saturated rings. The molecule has 1 aliphatic rings. The highest BCUT2D eigenvalue weighted by molar-refractivity contribution is 5.79. The van der Waals surface area contributed by atoms with Crippen molar-refractivity contribution in [2.24, 2.45) is 5.10 Å². The molecule has 1 N–H and O–H groups in total. The molecule has 0 heterocycles. The lowest BCUT2D eigenvalue weighted by Crippen LogP contribution is -2.42. The molecule has 0 saturated heterocycles. The van der Waals surface area contributed by atoms with Crippen molar-refractivity contribution in [3.8, 4) is 0 Å². The van der Waals surface area contributed by atoms with Crippen LogP contribution >= 0.6 is 0 Å². The van der Waals surface area contributed by atoms with Crippen molar-refractivity contribution in [2.45, 2.75) is 51.3 Å². The third-order valence-electron chi connectivity index (χ3n) is 4.70. The van der Waals surface area contributed by atoms with Crippen LogP contribution in [0.2, 0.25) is 0 Å². The maximum absolute atomic E-state index is 10.4. The summed E-state index contributed by atoms with van der Waals surface area (Å²) >= 11 is 0. The molecule has 3 rings (SSSR count). The number of aliphatic hydroxyl groups excluding tert-OH is 1. The average Bonchev–Trinajstić information content (AvgIpc) is 2.61. The highest BCUT2D eigenvalue weighted by Crippen LogP contribution is 2.25.